The van der Waals surface area contributed by atoms with Crippen LogP contribution in [0.2, 0.25) is 0 Å². The number of amides is 4. The molecule has 0 aliphatic rings. The van der Waals surface area contributed by atoms with Gasteiger partial charge in [0.1, 0.15) is 0 Å². The summed E-state index contributed by atoms with van der Waals surface area (Å²) in [5.74, 6) is 0.436. The van der Waals surface area contributed by atoms with E-state index in [9.17, 15) is 19.4 Å². The molecule has 0 saturated heterocycles. The Labute approximate surface area is 137 Å². The molecule has 0 heterocycles. The minimum atomic E-state index is -0.652. The van der Waals surface area contributed by atoms with Crippen molar-refractivity contribution in [3.05, 3.63) is 9.81 Å². The summed E-state index contributed by atoms with van der Waals surface area (Å²) in [4.78, 5) is 44.0. The van der Waals surface area contributed by atoms with Gasteiger partial charge in [0, 0.05) is 37.9 Å². The molecule has 12 heteroatoms. The zero-order valence-electron chi connectivity index (χ0n) is 11.8. The van der Waals surface area contributed by atoms with Crippen LogP contribution in [0.1, 0.15) is 12.8 Å². The average molecular weight is 357 g/mol. The van der Waals surface area contributed by atoms with Crippen LogP contribution in [0, 0.1) is 9.81 Å². The van der Waals surface area contributed by atoms with Crippen LogP contribution in [0.25, 0.3) is 0 Å². The van der Waals surface area contributed by atoms with Gasteiger partial charge >= 0.3 is 12.1 Å². The largest absolute Gasteiger partial charge is 0.340 e. The summed E-state index contributed by atoms with van der Waals surface area (Å²) < 4.78 is 0. The Hall–Kier alpha value is -1.68. The maximum Gasteiger partial charge on any atom is 0.340 e. The number of carbonyl (C=O) groups is 2. The summed E-state index contributed by atoms with van der Waals surface area (Å²) >= 11 is 10.8. The first-order valence-electron chi connectivity index (χ1n) is 6.49. The normalized spacial score (nSPS) is 9.73. The number of nitroso groups, excluding NO2 is 2. The van der Waals surface area contributed by atoms with Gasteiger partial charge in [-0.2, -0.15) is 10.0 Å². The highest BCUT2D eigenvalue weighted by Crippen LogP contribution is 2.01. The number of nitrogens with one attached hydrogen (secondary N) is 2. The van der Waals surface area contributed by atoms with E-state index in [1.165, 1.54) is 0 Å². The van der Waals surface area contributed by atoms with Crippen LogP contribution in [0.5, 0.6) is 0 Å². The zero-order valence-corrected chi connectivity index (χ0v) is 13.3. The molecule has 0 unspecified atom stereocenters. The first kappa shape index (κ1) is 20.3. The number of rotatable bonds is 11. The second kappa shape index (κ2) is 13.0. The molecule has 126 valence electrons. The van der Waals surface area contributed by atoms with Gasteiger partial charge in [-0.1, -0.05) is 0 Å². The predicted octanol–water partition coefficient (Wildman–Crippen LogP) is 1.63. The van der Waals surface area contributed by atoms with Crippen LogP contribution < -0.4 is 10.6 Å². The van der Waals surface area contributed by atoms with E-state index in [0.29, 0.717) is 22.9 Å². The van der Waals surface area contributed by atoms with E-state index < -0.39 is 12.1 Å². The summed E-state index contributed by atoms with van der Waals surface area (Å²) in [6.07, 6.45) is 0.712. The molecule has 22 heavy (non-hydrogen) atoms. The number of hydrogen-bond donors (Lipinski definition) is 2. The van der Waals surface area contributed by atoms with Crippen molar-refractivity contribution in [2.24, 2.45) is 10.6 Å². The van der Waals surface area contributed by atoms with E-state index in [1.807, 2.05) is 0 Å². The van der Waals surface area contributed by atoms with E-state index in [4.69, 9.17) is 23.2 Å². The summed E-state index contributed by atoms with van der Waals surface area (Å²) in [7, 11) is 0. The van der Waals surface area contributed by atoms with Gasteiger partial charge in [-0.05, 0) is 12.8 Å². The van der Waals surface area contributed by atoms with Crippen LogP contribution in [0.15, 0.2) is 10.6 Å². The van der Waals surface area contributed by atoms with Crippen LogP contribution in [-0.2, 0) is 0 Å². The van der Waals surface area contributed by atoms with Crippen molar-refractivity contribution in [1.82, 2.24) is 20.7 Å². The van der Waals surface area contributed by atoms with Crippen molar-refractivity contribution in [3.8, 4) is 0 Å². The van der Waals surface area contributed by atoms with Crippen LogP contribution >= 0.6 is 23.2 Å². The maximum atomic E-state index is 11.5. The average Bonchev–Trinajstić information content (AvgIpc) is 2.53. The SMILES string of the molecule is O=NN(CCCCN(N=O)C(=O)NCCCl)C(=O)NCCCl. The third-order valence-electron chi connectivity index (χ3n) is 2.40. The van der Waals surface area contributed by atoms with Crippen molar-refractivity contribution >= 4 is 35.3 Å². The van der Waals surface area contributed by atoms with Crippen molar-refractivity contribution < 1.29 is 9.59 Å². The lowest BCUT2D eigenvalue weighted by Crippen LogP contribution is -2.39. The van der Waals surface area contributed by atoms with Crippen molar-refractivity contribution in [1.29, 1.82) is 0 Å². The fourth-order valence-electron chi connectivity index (χ4n) is 1.37. The molecule has 0 aromatic carbocycles. The molecule has 0 spiro atoms. The van der Waals surface area contributed by atoms with Gasteiger partial charge in [-0.25, -0.2) is 9.59 Å². The molecule has 2 N–H and O–H groups in total. The van der Waals surface area contributed by atoms with E-state index in [0.717, 1.165) is 0 Å². The van der Waals surface area contributed by atoms with E-state index >= 15 is 0 Å². The van der Waals surface area contributed by atoms with Crippen LogP contribution in [0.3, 0.4) is 0 Å². The molecule has 0 bridgehead atoms. The molecule has 4 amide bonds. The Morgan fingerprint density at radius 2 is 1.18 bits per heavy atom. The Bertz CT molecular complexity index is 339. The van der Waals surface area contributed by atoms with Crippen molar-refractivity contribution in [2.45, 2.75) is 12.8 Å². The molecular formula is C10H18Cl2N6O4. The smallest absolute Gasteiger partial charge is 0.335 e. The fourth-order valence-corrected chi connectivity index (χ4v) is 1.56. The van der Waals surface area contributed by atoms with E-state index in [1.54, 1.807) is 0 Å². The molecule has 0 saturated carbocycles. The predicted molar refractivity (Wildman–Crippen MR) is 82.5 cm³/mol. The molecule has 0 aromatic rings. The number of hydrogen-bond acceptors (Lipinski definition) is 6. The Kier molecular flexibility index (Phi) is 12.0. The molecule has 0 fully saturated rings. The van der Waals surface area contributed by atoms with E-state index in [-0.39, 0.29) is 37.9 Å². The molecule has 10 nitrogen and oxygen atoms in total. The highest BCUT2D eigenvalue weighted by molar-refractivity contribution is 6.18. The number of alkyl halides is 2. The van der Waals surface area contributed by atoms with Gasteiger partial charge in [0.2, 0.25) is 0 Å². The summed E-state index contributed by atoms with van der Waals surface area (Å²) in [5.41, 5.74) is 0. The second-order valence-corrected chi connectivity index (χ2v) is 4.71. The minimum Gasteiger partial charge on any atom is -0.335 e. The minimum absolute atomic E-state index is 0.0492. The number of unbranched alkanes of at least 4 members (excludes halogenated alkanes) is 1. The Morgan fingerprint density at radius 1 is 0.818 bits per heavy atom. The topological polar surface area (TPSA) is 124 Å². The molecule has 0 aliphatic heterocycles. The fraction of sp³-hybridized carbons (Fsp3) is 0.800. The van der Waals surface area contributed by atoms with E-state index in [2.05, 4.69) is 21.2 Å². The monoisotopic (exact) mass is 356 g/mol. The molecule has 0 rings (SSSR count). The molecule has 0 atom stereocenters. The lowest BCUT2D eigenvalue weighted by molar-refractivity contribution is 0.191. The number of nitrogens with zero attached hydrogens (tertiary/aromatic N) is 4. The van der Waals surface area contributed by atoms with Gasteiger partial charge in [0.05, 0.1) is 10.6 Å². The molecular weight excluding hydrogens is 339 g/mol. The lowest BCUT2D eigenvalue weighted by atomic mass is 10.3. The Morgan fingerprint density at radius 3 is 1.45 bits per heavy atom. The number of urea groups is 2. The third kappa shape index (κ3) is 8.57. The first-order valence-corrected chi connectivity index (χ1v) is 7.56. The Balaban J connectivity index is 4.05. The lowest BCUT2D eigenvalue weighted by Gasteiger charge is -2.16. The number of carbonyl (C=O) groups excluding carboxylic acids is 2. The first-order chi connectivity index (χ1) is 10.6. The van der Waals surface area contributed by atoms with Gasteiger partial charge < -0.3 is 10.6 Å². The standard InChI is InChI=1S/C10H18Cl2N6O4/c11-3-5-13-9(19)17(15-21)7-1-2-8-18(16-22)10(20)14-6-4-12/h1-8H2,(H,13,19)(H,14,20). The zero-order chi connectivity index (χ0) is 16.8. The summed E-state index contributed by atoms with van der Waals surface area (Å²) in [6.45, 7) is 0.535. The quantitative estimate of drug-likeness (QED) is 0.252. The highest BCUT2D eigenvalue weighted by atomic mass is 35.5. The van der Waals surface area contributed by atoms with Gasteiger partial charge in [0.15, 0.2) is 0 Å². The van der Waals surface area contributed by atoms with Gasteiger partial charge in [0.25, 0.3) is 0 Å². The molecule has 0 aliphatic carbocycles. The van der Waals surface area contributed by atoms with Crippen molar-refractivity contribution in [3.63, 3.8) is 0 Å². The van der Waals surface area contributed by atoms with Crippen LogP contribution in [0.4, 0.5) is 9.59 Å². The molecule has 0 radical (unpaired) electrons. The van der Waals surface area contributed by atoms with Gasteiger partial charge in [-0.15, -0.1) is 33.0 Å². The summed E-state index contributed by atoms with van der Waals surface area (Å²) in [6, 6.07) is -1.30. The third-order valence-corrected chi connectivity index (χ3v) is 2.78. The number of halogens is 2. The maximum absolute atomic E-state index is 11.5. The van der Waals surface area contributed by atoms with Crippen molar-refractivity contribution in [2.75, 3.05) is 37.9 Å². The van der Waals surface area contributed by atoms with Crippen LogP contribution in [-0.4, -0.2) is 60.0 Å². The van der Waals surface area contributed by atoms with Gasteiger partial charge in [-0.3, -0.25) is 0 Å². The summed E-state index contributed by atoms with van der Waals surface area (Å²) in [5, 5.41) is 11.4. The highest BCUT2D eigenvalue weighted by Gasteiger charge is 2.15. The second-order valence-electron chi connectivity index (χ2n) is 3.96. The molecule has 0 aromatic heterocycles.